The lowest BCUT2D eigenvalue weighted by Crippen LogP contribution is -2.31. The molecule has 0 saturated carbocycles. The second-order valence-corrected chi connectivity index (χ2v) is 5.91. The maximum atomic E-state index is 11.7. The minimum absolute atomic E-state index is 0.0969. The van der Waals surface area contributed by atoms with Crippen molar-refractivity contribution in [2.75, 3.05) is 5.75 Å². The molecule has 0 spiro atoms. The number of nitrogens with two attached hydrogens (primary N) is 1. The maximum Gasteiger partial charge on any atom is 0.246 e. The fraction of sp³-hybridized carbons (Fsp3) is 0.750. The van der Waals surface area contributed by atoms with Crippen LogP contribution in [0.5, 0.6) is 0 Å². The normalized spacial score (nSPS) is 14.4. The predicted molar refractivity (Wildman–Crippen MR) is 55.9 cm³/mol. The molecule has 86 valence electrons. The number of nitrogens with zero attached hydrogens (tertiary/aromatic N) is 2. The number of rotatable bonds is 5. The number of nitrogens with one attached hydrogen (secondary N) is 1. The first kappa shape index (κ1) is 12.1. The molecule has 0 aliphatic heterocycles. The van der Waals surface area contributed by atoms with E-state index in [-0.39, 0.29) is 17.0 Å². The van der Waals surface area contributed by atoms with Gasteiger partial charge in [0.05, 0.1) is 5.75 Å². The standard InChI is InChI=1S/C8H16N4O2S/c1-6(2)3-7(9)4-15(13,14)8-10-5-11-12-8/h5-7H,3-4,9H2,1-2H3,(H,10,11,12)/t7-/m0/s1. The molecule has 0 amide bonds. The Kier molecular flexibility index (Phi) is 3.81. The van der Waals surface area contributed by atoms with Gasteiger partial charge >= 0.3 is 0 Å². The van der Waals surface area contributed by atoms with E-state index in [0.29, 0.717) is 12.3 Å². The van der Waals surface area contributed by atoms with Crippen LogP contribution in [0, 0.1) is 5.92 Å². The van der Waals surface area contributed by atoms with Gasteiger partial charge in [0.25, 0.3) is 0 Å². The molecule has 6 nitrogen and oxygen atoms in total. The zero-order valence-corrected chi connectivity index (χ0v) is 9.66. The Hall–Kier alpha value is -0.950. The highest BCUT2D eigenvalue weighted by molar-refractivity contribution is 7.91. The summed E-state index contributed by atoms with van der Waals surface area (Å²) in [5.41, 5.74) is 5.73. The second kappa shape index (κ2) is 4.71. The van der Waals surface area contributed by atoms with Crippen LogP contribution in [0.3, 0.4) is 0 Å². The van der Waals surface area contributed by atoms with Crippen LogP contribution in [0.15, 0.2) is 11.5 Å². The highest BCUT2D eigenvalue weighted by Gasteiger charge is 2.22. The molecule has 0 aliphatic carbocycles. The summed E-state index contributed by atoms with van der Waals surface area (Å²) in [4.78, 5) is 2.47. The Bertz CT molecular complexity index is 385. The molecule has 1 aromatic heterocycles. The van der Waals surface area contributed by atoms with Crippen molar-refractivity contribution in [3.05, 3.63) is 6.33 Å². The average Bonchev–Trinajstić information content (AvgIpc) is 2.51. The van der Waals surface area contributed by atoms with Crippen LogP contribution in [0.1, 0.15) is 20.3 Å². The quantitative estimate of drug-likeness (QED) is 0.741. The summed E-state index contributed by atoms with van der Waals surface area (Å²) in [6, 6.07) is -0.361. The van der Waals surface area contributed by atoms with Crippen LogP contribution >= 0.6 is 0 Å². The number of aromatic amines is 1. The van der Waals surface area contributed by atoms with E-state index in [1.807, 2.05) is 13.8 Å². The lowest BCUT2D eigenvalue weighted by molar-refractivity contribution is 0.511. The van der Waals surface area contributed by atoms with Crippen molar-refractivity contribution in [2.24, 2.45) is 11.7 Å². The van der Waals surface area contributed by atoms with Gasteiger partial charge in [-0.1, -0.05) is 13.8 Å². The fourth-order valence-corrected chi connectivity index (χ4v) is 2.64. The highest BCUT2D eigenvalue weighted by Crippen LogP contribution is 2.09. The number of H-pyrrole nitrogens is 1. The molecule has 0 bridgehead atoms. The first-order valence-electron chi connectivity index (χ1n) is 4.76. The zero-order chi connectivity index (χ0) is 11.5. The average molecular weight is 232 g/mol. The minimum atomic E-state index is -3.42. The molecule has 0 radical (unpaired) electrons. The van der Waals surface area contributed by atoms with Crippen LogP contribution in [0.4, 0.5) is 0 Å². The number of aromatic nitrogens is 3. The molecule has 0 aliphatic rings. The monoisotopic (exact) mass is 232 g/mol. The predicted octanol–water partition coefficient (Wildman–Crippen LogP) is -0.0482. The van der Waals surface area contributed by atoms with Gasteiger partial charge in [-0.15, -0.1) is 10.2 Å². The molecule has 0 unspecified atom stereocenters. The molecule has 0 fully saturated rings. The van der Waals surface area contributed by atoms with Crippen molar-refractivity contribution in [1.82, 2.24) is 15.2 Å². The Morgan fingerprint density at radius 3 is 2.67 bits per heavy atom. The summed E-state index contributed by atoms with van der Waals surface area (Å²) in [6.45, 7) is 4.00. The first-order chi connectivity index (χ1) is 6.92. The molecule has 0 aromatic carbocycles. The van der Waals surface area contributed by atoms with Crippen LogP contribution in [0.25, 0.3) is 0 Å². The van der Waals surface area contributed by atoms with E-state index < -0.39 is 9.84 Å². The van der Waals surface area contributed by atoms with Crippen molar-refractivity contribution in [1.29, 1.82) is 0 Å². The second-order valence-electron chi connectivity index (χ2n) is 3.97. The lowest BCUT2D eigenvalue weighted by Gasteiger charge is -2.12. The van der Waals surface area contributed by atoms with E-state index in [0.717, 1.165) is 0 Å². The van der Waals surface area contributed by atoms with E-state index in [1.54, 1.807) is 0 Å². The highest BCUT2D eigenvalue weighted by atomic mass is 32.2. The van der Waals surface area contributed by atoms with Gasteiger partial charge in [-0.05, 0) is 12.3 Å². The van der Waals surface area contributed by atoms with Crippen molar-refractivity contribution in [3.8, 4) is 0 Å². The number of sulfone groups is 1. The molecule has 1 aromatic rings. The first-order valence-corrected chi connectivity index (χ1v) is 6.41. The van der Waals surface area contributed by atoms with Crippen LogP contribution in [-0.4, -0.2) is 35.4 Å². The van der Waals surface area contributed by atoms with Crippen LogP contribution in [-0.2, 0) is 9.84 Å². The van der Waals surface area contributed by atoms with E-state index in [9.17, 15) is 8.42 Å². The molecule has 1 heterocycles. The molecule has 7 heteroatoms. The molecule has 1 rings (SSSR count). The Morgan fingerprint density at radius 1 is 1.53 bits per heavy atom. The molecular weight excluding hydrogens is 216 g/mol. The van der Waals surface area contributed by atoms with Crippen molar-refractivity contribution in [2.45, 2.75) is 31.5 Å². The van der Waals surface area contributed by atoms with Gasteiger partial charge in [-0.2, -0.15) is 0 Å². The maximum absolute atomic E-state index is 11.7. The molecular formula is C8H16N4O2S. The van der Waals surface area contributed by atoms with E-state index in [2.05, 4.69) is 15.2 Å². The summed E-state index contributed by atoms with van der Waals surface area (Å²) in [5, 5.41) is 6.79. The van der Waals surface area contributed by atoms with Crippen molar-refractivity contribution >= 4 is 9.84 Å². The third kappa shape index (κ3) is 3.60. The summed E-state index contributed by atoms with van der Waals surface area (Å²) in [5.74, 6) is 0.283. The molecule has 15 heavy (non-hydrogen) atoms. The van der Waals surface area contributed by atoms with Gasteiger partial charge < -0.3 is 10.7 Å². The lowest BCUT2D eigenvalue weighted by atomic mass is 10.1. The van der Waals surface area contributed by atoms with Gasteiger partial charge in [0.1, 0.15) is 6.33 Å². The van der Waals surface area contributed by atoms with Crippen molar-refractivity contribution < 1.29 is 8.42 Å². The van der Waals surface area contributed by atoms with Gasteiger partial charge in [-0.25, -0.2) is 8.42 Å². The van der Waals surface area contributed by atoms with Crippen LogP contribution < -0.4 is 5.73 Å². The summed E-state index contributed by atoms with van der Waals surface area (Å²) in [7, 11) is -3.42. The van der Waals surface area contributed by atoms with E-state index in [4.69, 9.17) is 5.73 Å². The Labute approximate surface area is 89.2 Å². The minimum Gasteiger partial charge on any atom is -0.327 e. The summed E-state index contributed by atoms with van der Waals surface area (Å²) >= 11 is 0. The number of hydrogen-bond donors (Lipinski definition) is 2. The number of hydrogen-bond acceptors (Lipinski definition) is 5. The Morgan fingerprint density at radius 2 is 2.20 bits per heavy atom. The third-order valence-corrected chi connectivity index (χ3v) is 3.55. The largest absolute Gasteiger partial charge is 0.327 e. The summed E-state index contributed by atoms with van der Waals surface area (Å²) < 4.78 is 23.3. The van der Waals surface area contributed by atoms with Gasteiger partial charge in [0.15, 0.2) is 0 Å². The zero-order valence-electron chi connectivity index (χ0n) is 8.84. The van der Waals surface area contributed by atoms with Crippen LogP contribution in [0.2, 0.25) is 0 Å². The van der Waals surface area contributed by atoms with E-state index in [1.165, 1.54) is 6.33 Å². The Balaban J connectivity index is 2.66. The van der Waals surface area contributed by atoms with E-state index >= 15 is 0 Å². The van der Waals surface area contributed by atoms with Gasteiger partial charge in [0.2, 0.25) is 15.0 Å². The molecule has 1 atom stereocenters. The summed E-state index contributed by atoms with van der Waals surface area (Å²) in [6.07, 6.45) is 1.91. The third-order valence-electron chi connectivity index (χ3n) is 1.90. The topological polar surface area (TPSA) is 102 Å². The molecule has 3 N–H and O–H groups in total. The van der Waals surface area contributed by atoms with Gasteiger partial charge in [0, 0.05) is 6.04 Å². The SMILES string of the molecule is CC(C)C[C@H](N)CS(=O)(=O)c1nnc[nH]1. The molecule has 0 saturated heterocycles. The van der Waals surface area contributed by atoms with Crippen molar-refractivity contribution in [3.63, 3.8) is 0 Å². The fourth-order valence-electron chi connectivity index (χ4n) is 1.38. The van der Waals surface area contributed by atoms with Gasteiger partial charge in [-0.3, -0.25) is 0 Å². The smallest absolute Gasteiger partial charge is 0.246 e.